The second-order valence-corrected chi connectivity index (χ2v) is 9.32. The molecular formula is C22H28N4O3S. The van der Waals surface area contributed by atoms with Crippen molar-refractivity contribution in [3.63, 3.8) is 0 Å². The van der Waals surface area contributed by atoms with E-state index in [1.165, 1.54) is 9.87 Å². The lowest BCUT2D eigenvalue weighted by molar-refractivity contribution is -0.122. The molecule has 0 aliphatic carbocycles. The first-order valence-corrected chi connectivity index (χ1v) is 11.5. The van der Waals surface area contributed by atoms with E-state index in [0.717, 1.165) is 17.5 Å². The number of piperazine rings is 1. The number of hydrogen-bond donors (Lipinski definition) is 1. The molecule has 0 saturated carbocycles. The Kier molecular flexibility index (Phi) is 7.36. The maximum atomic E-state index is 12.8. The molecule has 1 saturated heterocycles. The fourth-order valence-electron chi connectivity index (χ4n) is 3.24. The standard InChI is InChI=1S/C22H28N4O3S/c1-3-19-6-8-20(9-7-19)16-23-24-22(27)17-25-12-14-26(15-13-25)30(28,29)21-10-4-18(2)5-11-21/h4-11,16H,3,12-15,17H2,1-2H3,(H,24,27). The number of amides is 1. The van der Waals surface area contributed by atoms with Gasteiger partial charge in [0.15, 0.2) is 0 Å². The van der Waals surface area contributed by atoms with E-state index >= 15 is 0 Å². The van der Waals surface area contributed by atoms with E-state index in [1.54, 1.807) is 30.5 Å². The van der Waals surface area contributed by atoms with Crippen molar-refractivity contribution in [1.82, 2.24) is 14.6 Å². The number of benzene rings is 2. The molecule has 160 valence electrons. The van der Waals surface area contributed by atoms with Gasteiger partial charge in [0, 0.05) is 26.2 Å². The fraction of sp³-hybridized carbons (Fsp3) is 0.364. The predicted molar refractivity (Wildman–Crippen MR) is 118 cm³/mol. The van der Waals surface area contributed by atoms with Crippen molar-refractivity contribution in [2.45, 2.75) is 25.2 Å². The van der Waals surface area contributed by atoms with Gasteiger partial charge < -0.3 is 0 Å². The van der Waals surface area contributed by atoms with Crippen molar-refractivity contribution in [3.05, 3.63) is 65.2 Å². The monoisotopic (exact) mass is 428 g/mol. The molecule has 1 aliphatic heterocycles. The van der Waals surface area contributed by atoms with Gasteiger partial charge in [0.2, 0.25) is 10.0 Å². The van der Waals surface area contributed by atoms with E-state index in [9.17, 15) is 13.2 Å². The number of sulfonamides is 1. The average molecular weight is 429 g/mol. The fourth-order valence-corrected chi connectivity index (χ4v) is 4.67. The van der Waals surface area contributed by atoms with Crippen LogP contribution in [0.5, 0.6) is 0 Å². The maximum absolute atomic E-state index is 12.8. The Bertz CT molecular complexity index is 978. The van der Waals surface area contributed by atoms with Gasteiger partial charge in [-0.3, -0.25) is 9.69 Å². The van der Waals surface area contributed by atoms with Crippen LogP contribution in [0.25, 0.3) is 0 Å². The molecule has 1 N–H and O–H groups in total. The third kappa shape index (κ3) is 5.75. The summed E-state index contributed by atoms with van der Waals surface area (Å²) in [4.78, 5) is 14.4. The smallest absolute Gasteiger partial charge is 0.254 e. The Hall–Kier alpha value is -2.55. The molecule has 0 radical (unpaired) electrons. The minimum absolute atomic E-state index is 0.185. The Morgan fingerprint density at radius 2 is 1.67 bits per heavy atom. The number of hydrazone groups is 1. The molecule has 3 rings (SSSR count). The first-order chi connectivity index (χ1) is 14.4. The van der Waals surface area contributed by atoms with Crippen molar-refractivity contribution in [3.8, 4) is 0 Å². The van der Waals surface area contributed by atoms with Crippen LogP contribution in [0, 0.1) is 6.92 Å². The molecule has 30 heavy (non-hydrogen) atoms. The van der Waals surface area contributed by atoms with E-state index in [1.807, 2.05) is 36.1 Å². The van der Waals surface area contributed by atoms with Crippen molar-refractivity contribution >= 4 is 22.1 Å². The topological polar surface area (TPSA) is 82.1 Å². The number of carbonyl (C=O) groups excluding carboxylic acids is 1. The molecule has 1 aliphatic rings. The highest BCUT2D eigenvalue weighted by molar-refractivity contribution is 7.89. The Labute approximate surface area is 178 Å². The van der Waals surface area contributed by atoms with Gasteiger partial charge in [0.25, 0.3) is 5.91 Å². The van der Waals surface area contributed by atoms with Gasteiger partial charge in [-0.2, -0.15) is 9.41 Å². The number of nitrogens with one attached hydrogen (secondary N) is 1. The van der Waals surface area contributed by atoms with Gasteiger partial charge in [0.05, 0.1) is 17.7 Å². The van der Waals surface area contributed by atoms with Crippen molar-refractivity contribution in [2.24, 2.45) is 5.10 Å². The Balaban J connectivity index is 1.46. The third-order valence-corrected chi connectivity index (χ3v) is 7.06. The average Bonchev–Trinajstić information content (AvgIpc) is 2.75. The molecule has 0 aromatic heterocycles. The summed E-state index contributed by atoms with van der Waals surface area (Å²) in [7, 11) is -3.50. The molecule has 8 heteroatoms. The number of rotatable bonds is 7. The first kappa shape index (κ1) is 22.1. The van der Waals surface area contributed by atoms with Crippen LogP contribution in [0.4, 0.5) is 0 Å². The van der Waals surface area contributed by atoms with Crippen molar-refractivity contribution < 1.29 is 13.2 Å². The summed E-state index contributed by atoms with van der Waals surface area (Å²) < 4.78 is 27.0. The molecule has 0 atom stereocenters. The van der Waals surface area contributed by atoms with Crippen LogP contribution in [0.1, 0.15) is 23.6 Å². The molecule has 0 unspecified atom stereocenters. The van der Waals surface area contributed by atoms with Crippen LogP contribution in [-0.4, -0.2) is 62.5 Å². The van der Waals surface area contributed by atoms with Crippen LogP contribution in [-0.2, 0) is 21.2 Å². The van der Waals surface area contributed by atoms with Crippen LogP contribution in [0.3, 0.4) is 0 Å². The zero-order valence-electron chi connectivity index (χ0n) is 17.4. The lowest BCUT2D eigenvalue weighted by atomic mass is 10.1. The summed E-state index contributed by atoms with van der Waals surface area (Å²) in [5, 5.41) is 4.01. The molecule has 0 bridgehead atoms. The second kappa shape index (κ2) is 9.97. The van der Waals surface area contributed by atoms with E-state index < -0.39 is 10.0 Å². The first-order valence-electron chi connectivity index (χ1n) is 10.1. The number of hydrogen-bond acceptors (Lipinski definition) is 5. The lowest BCUT2D eigenvalue weighted by Crippen LogP contribution is -2.50. The van der Waals surface area contributed by atoms with E-state index in [-0.39, 0.29) is 12.5 Å². The molecule has 1 fully saturated rings. The van der Waals surface area contributed by atoms with E-state index in [4.69, 9.17) is 0 Å². The lowest BCUT2D eigenvalue weighted by Gasteiger charge is -2.33. The zero-order chi connectivity index (χ0) is 21.6. The van der Waals surface area contributed by atoms with Gasteiger partial charge >= 0.3 is 0 Å². The van der Waals surface area contributed by atoms with Crippen LogP contribution < -0.4 is 5.43 Å². The van der Waals surface area contributed by atoms with Gasteiger partial charge in [0.1, 0.15) is 0 Å². The molecule has 2 aromatic carbocycles. The van der Waals surface area contributed by atoms with E-state index in [0.29, 0.717) is 31.1 Å². The van der Waals surface area contributed by atoms with Crippen LogP contribution >= 0.6 is 0 Å². The maximum Gasteiger partial charge on any atom is 0.254 e. The number of aryl methyl sites for hydroxylation is 2. The van der Waals surface area contributed by atoms with Gasteiger partial charge in [-0.05, 0) is 36.6 Å². The van der Waals surface area contributed by atoms with Crippen molar-refractivity contribution in [1.29, 1.82) is 0 Å². The van der Waals surface area contributed by atoms with Gasteiger partial charge in [-0.15, -0.1) is 0 Å². The molecular weight excluding hydrogens is 400 g/mol. The van der Waals surface area contributed by atoms with Gasteiger partial charge in [-0.1, -0.05) is 48.9 Å². The summed E-state index contributed by atoms with van der Waals surface area (Å²) in [5.74, 6) is -0.216. The van der Waals surface area contributed by atoms with Crippen LogP contribution in [0.15, 0.2) is 58.5 Å². The normalized spacial score (nSPS) is 16.1. The Morgan fingerprint density at radius 1 is 1.03 bits per heavy atom. The predicted octanol–water partition coefficient (Wildman–Crippen LogP) is 2.01. The largest absolute Gasteiger partial charge is 0.292 e. The highest BCUT2D eigenvalue weighted by Crippen LogP contribution is 2.18. The molecule has 7 nitrogen and oxygen atoms in total. The molecule has 1 heterocycles. The summed E-state index contributed by atoms with van der Waals surface area (Å²) in [6.07, 6.45) is 2.59. The second-order valence-electron chi connectivity index (χ2n) is 7.38. The number of carbonyl (C=O) groups is 1. The molecule has 2 aromatic rings. The summed E-state index contributed by atoms with van der Waals surface area (Å²) in [5.41, 5.74) is 5.72. The summed E-state index contributed by atoms with van der Waals surface area (Å²) in [6.45, 7) is 5.92. The highest BCUT2D eigenvalue weighted by Gasteiger charge is 2.28. The minimum Gasteiger partial charge on any atom is -0.292 e. The SMILES string of the molecule is CCc1ccc(C=NNC(=O)CN2CCN(S(=O)(=O)c3ccc(C)cc3)CC2)cc1. The number of nitrogens with zero attached hydrogens (tertiary/aromatic N) is 3. The van der Waals surface area contributed by atoms with Crippen molar-refractivity contribution in [2.75, 3.05) is 32.7 Å². The highest BCUT2D eigenvalue weighted by atomic mass is 32.2. The van der Waals surface area contributed by atoms with E-state index in [2.05, 4.69) is 17.5 Å². The molecule has 1 amide bonds. The summed E-state index contributed by atoms with van der Waals surface area (Å²) in [6, 6.07) is 14.9. The zero-order valence-corrected chi connectivity index (χ0v) is 18.2. The minimum atomic E-state index is -3.50. The quantitative estimate of drug-likeness (QED) is 0.540. The molecule has 0 spiro atoms. The summed E-state index contributed by atoms with van der Waals surface area (Å²) >= 11 is 0. The van der Waals surface area contributed by atoms with Crippen LogP contribution in [0.2, 0.25) is 0 Å². The van der Waals surface area contributed by atoms with Gasteiger partial charge in [-0.25, -0.2) is 13.8 Å². The Morgan fingerprint density at radius 3 is 2.27 bits per heavy atom. The third-order valence-electron chi connectivity index (χ3n) is 5.15.